The van der Waals surface area contributed by atoms with Crippen LogP contribution in [0.25, 0.3) is 11.3 Å². The van der Waals surface area contributed by atoms with E-state index in [0.717, 1.165) is 5.56 Å². The number of aromatic nitrogens is 1. The van der Waals surface area contributed by atoms with Crippen molar-refractivity contribution < 1.29 is 51.8 Å². The zero-order chi connectivity index (χ0) is 16.2. The second-order valence-corrected chi connectivity index (χ2v) is 4.63. The van der Waals surface area contributed by atoms with Crippen LogP contribution in [0.5, 0.6) is 0 Å². The number of hydrogen-bond acceptors (Lipinski definition) is 4. The molecule has 6 nitrogen and oxygen atoms in total. The number of aromatic carboxylic acids is 1. The third kappa shape index (κ3) is 3.96. The number of amides is 1. The van der Waals surface area contributed by atoms with Gasteiger partial charge in [0, 0.05) is 38.3 Å². The maximum atomic E-state index is 12.2. The first kappa shape index (κ1) is 18.0. The molecule has 0 aliphatic rings. The van der Waals surface area contributed by atoms with Crippen molar-refractivity contribution in [2.75, 3.05) is 5.32 Å². The number of nitrogens with one attached hydrogen (secondary N) is 1. The fraction of sp³-hybridized carbons (Fsp3) is 0. The molecule has 0 bridgehead atoms. The van der Waals surface area contributed by atoms with E-state index in [2.05, 4.69) is 16.4 Å². The zero-order valence-corrected chi connectivity index (χ0v) is 15.2. The van der Waals surface area contributed by atoms with Crippen molar-refractivity contribution in [3.63, 3.8) is 0 Å². The first-order chi connectivity index (χ1) is 11.1. The van der Waals surface area contributed by atoms with Gasteiger partial charge in [-0.15, -0.1) is 6.07 Å². The van der Waals surface area contributed by atoms with E-state index < -0.39 is 11.9 Å². The number of carboxylic acid groups (broad SMARTS) is 1. The molecule has 7 heteroatoms. The van der Waals surface area contributed by atoms with E-state index in [1.807, 2.05) is 30.3 Å². The molecule has 1 radical (unpaired) electrons. The molecule has 0 saturated carbocycles. The van der Waals surface area contributed by atoms with Gasteiger partial charge in [0.1, 0.15) is 0 Å². The van der Waals surface area contributed by atoms with Crippen LogP contribution < -0.4 is 5.32 Å². The zero-order valence-electron chi connectivity index (χ0n) is 12.4. The number of oxazole rings is 1. The van der Waals surface area contributed by atoms with E-state index >= 15 is 0 Å². The molecule has 2 N–H and O–H groups in total. The number of carbonyl (C=O) groups is 2. The number of benzene rings is 2. The first-order valence-electron chi connectivity index (χ1n) is 6.71. The predicted molar refractivity (Wildman–Crippen MR) is 82.1 cm³/mol. The van der Waals surface area contributed by atoms with Gasteiger partial charge in [0.2, 0.25) is 0 Å². The Morgan fingerprint density at radius 1 is 1.17 bits per heavy atom. The Morgan fingerprint density at radius 3 is 2.62 bits per heavy atom. The Bertz CT molecular complexity index is 862. The standard InChI is InChI=1S/C17H11N2O4.Y/c20-15(19-13-9-5-4-8-12(13)17(21)22)16-18-10-14(23-16)11-6-2-1-3-7-11;/h1-3,5-10H,(H,19,20)(H,21,22);/q-1;. The molecule has 2 aromatic carbocycles. The van der Waals surface area contributed by atoms with Gasteiger partial charge in [-0.3, -0.25) is 9.59 Å². The Hall–Kier alpha value is -2.31. The summed E-state index contributed by atoms with van der Waals surface area (Å²) in [6, 6.07) is 16.1. The van der Waals surface area contributed by atoms with E-state index in [1.54, 1.807) is 0 Å². The fourth-order valence-electron chi connectivity index (χ4n) is 2.01. The van der Waals surface area contributed by atoms with Crippen LogP contribution in [0.15, 0.2) is 59.1 Å². The van der Waals surface area contributed by atoms with Gasteiger partial charge in [-0.05, 0) is 5.56 Å². The van der Waals surface area contributed by atoms with E-state index in [4.69, 9.17) is 9.52 Å². The maximum absolute atomic E-state index is 12.2. The predicted octanol–water partition coefficient (Wildman–Crippen LogP) is 3.09. The minimum atomic E-state index is -1.16. The molecule has 0 saturated heterocycles. The third-order valence-corrected chi connectivity index (χ3v) is 3.10. The summed E-state index contributed by atoms with van der Waals surface area (Å²) >= 11 is 0. The van der Waals surface area contributed by atoms with Crippen molar-refractivity contribution in [2.24, 2.45) is 0 Å². The van der Waals surface area contributed by atoms with E-state index in [0.29, 0.717) is 5.76 Å². The average molecular weight is 396 g/mol. The number of anilines is 1. The summed E-state index contributed by atoms with van der Waals surface area (Å²) in [5, 5.41) is 11.6. The molecule has 0 atom stereocenters. The minimum Gasteiger partial charge on any atom is -0.487 e. The first-order valence-corrected chi connectivity index (χ1v) is 6.71. The molecule has 1 aromatic heterocycles. The molecule has 0 unspecified atom stereocenters. The number of carbonyl (C=O) groups excluding carboxylic acids is 1. The second kappa shape index (κ2) is 7.99. The Balaban J connectivity index is 0.00000208. The number of nitrogens with zero attached hydrogens (tertiary/aromatic N) is 1. The van der Waals surface area contributed by atoms with Gasteiger partial charge in [0.25, 0.3) is 11.9 Å². The van der Waals surface area contributed by atoms with E-state index in [1.165, 1.54) is 24.4 Å². The van der Waals surface area contributed by atoms with Crippen molar-refractivity contribution in [1.29, 1.82) is 0 Å². The van der Waals surface area contributed by atoms with Crippen LogP contribution in [0.4, 0.5) is 5.69 Å². The summed E-state index contributed by atoms with van der Waals surface area (Å²) in [6.45, 7) is 0. The van der Waals surface area contributed by atoms with E-state index in [9.17, 15) is 9.59 Å². The summed E-state index contributed by atoms with van der Waals surface area (Å²) in [7, 11) is 0. The molecule has 117 valence electrons. The van der Waals surface area contributed by atoms with Crippen LogP contribution in [-0.4, -0.2) is 22.0 Å². The summed E-state index contributed by atoms with van der Waals surface area (Å²) in [5.74, 6) is -1.47. The Morgan fingerprint density at radius 2 is 1.92 bits per heavy atom. The largest absolute Gasteiger partial charge is 0.487 e. The molecule has 0 fully saturated rings. The van der Waals surface area contributed by atoms with Gasteiger partial charge in [-0.1, -0.05) is 36.0 Å². The van der Waals surface area contributed by atoms with Crippen molar-refractivity contribution in [3.8, 4) is 11.3 Å². The Labute approximate surface area is 162 Å². The summed E-state index contributed by atoms with van der Waals surface area (Å²) in [6.07, 6.45) is 1.45. The summed E-state index contributed by atoms with van der Waals surface area (Å²) < 4.78 is 5.43. The molecule has 1 heterocycles. The summed E-state index contributed by atoms with van der Waals surface area (Å²) in [4.78, 5) is 27.2. The van der Waals surface area contributed by atoms with Crippen LogP contribution in [-0.2, 0) is 32.7 Å². The Kier molecular flexibility index (Phi) is 6.01. The fourth-order valence-corrected chi connectivity index (χ4v) is 2.01. The van der Waals surface area contributed by atoms with Crippen LogP contribution in [0.3, 0.4) is 0 Å². The number of carboxylic acids is 1. The van der Waals surface area contributed by atoms with Gasteiger partial charge in [0.05, 0.1) is 6.20 Å². The van der Waals surface area contributed by atoms with Crippen molar-refractivity contribution in [1.82, 2.24) is 4.98 Å². The monoisotopic (exact) mass is 396 g/mol. The second-order valence-electron chi connectivity index (χ2n) is 4.63. The normalized spacial score (nSPS) is 9.83. The van der Waals surface area contributed by atoms with Gasteiger partial charge in [-0.2, -0.15) is 18.2 Å². The van der Waals surface area contributed by atoms with Crippen LogP contribution in [0.1, 0.15) is 21.0 Å². The van der Waals surface area contributed by atoms with Gasteiger partial charge in [0.15, 0.2) is 5.76 Å². The number of hydrogen-bond donors (Lipinski definition) is 2. The molecular weight excluding hydrogens is 385 g/mol. The van der Waals surface area contributed by atoms with Crippen molar-refractivity contribution in [3.05, 3.63) is 72.2 Å². The smallest absolute Gasteiger partial charge is 0.309 e. The topological polar surface area (TPSA) is 92.4 Å². The third-order valence-electron chi connectivity index (χ3n) is 3.10. The maximum Gasteiger partial charge on any atom is 0.309 e. The molecule has 0 aliphatic heterocycles. The quantitative estimate of drug-likeness (QED) is 0.662. The van der Waals surface area contributed by atoms with Crippen molar-refractivity contribution in [2.45, 2.75) is 0 Å². The minimum absolute atomic E-state index is 0. The van der Waals surface area contributed by atoms with Gasteiger partial charge >= 0.3 is 5.91 Å². The average Bonchev–Trinajstić information content (AvgIpc) is 3.06. The molecule has 0 aliphatic carbocycles. The van der Waals surface area contributed by atoms with Gasteiger partial charge in [-0.25, -0.2) is 4.98 Å². The summed E-state index contributed by atoms with van der Waals surface area (Å²) in [5.41, 5.74) is 0.885. The van der Waals surface area contributed by atoms with Crippen LogP contribution >= 0.6 is 0 Å². The number of rotatable bonds is 4. The molecule has 3 aromatic rings. The van der Waals surface area contributed by atoms with Crippen LogP contribution in [0, 0.1) is 6.07 Å². The SMILES string of the molecule is O=C(Nc1cc[c-]cc1C(=O)O)c1ncc(-c2ccccc2)o1.[Y]. The van der Waals surface area contributed by atoms with Crippen molar-refractivity contribution >= 4 is 17.6 Å². The molecule has 1 amide bonds. The van der Waals surface area contributed by atoms with Crippen LogP contribution in [0.2, 0.25) is 0 Å². The van der Waals surface area contributed by atoms with E-state index in [-0.39, 0.29) is 49.9 Å². The molecule has 0 spiro atoms. The molecule has 24 heavy (non-hydrogen) atoms. The molecule has 3 rings (SSSR count). The van der Waals surface area contributed by atoms with Gasteiger partial charge < -0.3 is 14.8 Å². The molecular formula is C17H11N2O4Y-.